The van der Waals surface area contributed by atoms with E-state index in [1.165, 1.54) is 4.58 Å². The molecule has 6 nitrogen and oxygen atoms in total. The van der Waals surface area contributed by atoms with Gasteiger partial charge in [-0.3, -0.25) is 4.57 Å². The van der Waals surface area contributed by atoms with Crippen molar-refractivity contribution < 1.29 is 22.6 Å². The summed E-state index contributed by atoms with van der Waals surface area (Å²) in [4.78, 5) is 9.62. The molecule has 4 heterocycles. The van der Waals surface area contributed by atoms with Crippen LogP contribution in [0.15, 0.2) is 176 Å². The third-order valence-electron chi connectivity index (χ3n) is 10.7. The monoisotopic (exact) mass is 806 g/mol. The summed E-state index contributed by atoms with van der Waals surface area (Å²) in [6, 6.07) is 20.5. The number of hydrogen-bond donors (Lipinski definition) is 0. The van der Waals surface area contributed by atoms with Gasteiger partial charge in [0.2, 0.25) is 17.3 Å². The van der Waals surface area contributed by atoms with Crippen LogP contribution in [0.2, 0.25) is 0 Å². The first kappa shape index (κ1) is 25.9. The van der Waals surface area contributed by atoms with Gasteiger partial charge < -0.3 is 4.74 Å². The van der Waals surface area contributed by atoms with Gasteiger partial charge in [0.25, 0.3) is 11.4 Å². The number of aromatic nitrogens is 3. The lowest BCUT2D eigenvalue weighted by Gasteiger charge is -2.20. The van der Waals surface area contributed by atoms with E-state index in [-0.39, 0.29) is 17.0 Å². The number of benzene rings is 6. The molecule has 9 aromatic rings. The lowest BCUT2D eigenvalue weighted by atomic mass is 9.86. The smallest absolute Gasteiger partial charge is 0.439 e. The quantitative estimate of drug-likeness (QED) is 0.151. The van der Waals surface area contributed by atoms with Crippen molar-refractivity contribution in [3.8, 4) is 39.7 Å². The Labute approximate surface area is 375 Å². The molecule has 10 rings (SSSR count). The molecule has 0 spiro atoms. The lowest BCUT2D eigenvalue weighted by molar-refractivity contribution is 0.460. The molecule has 0 saturated carbocycles. The Balaban J connectivity index is 1.25. The maximum Gasteiger partial charge on any atom is 0.503 e. The molecule has 0 atom stereocenters. The number of ether oxygens (including phenoxy) is 1. The fourth-order valence-corrected chi connectivity index (χ4v) is 7.63. The van der Waals surface area contributed by atoms with Crippen LogP contribution in [0.5, 0.6) is 11.6 Å². The van der Waals surface area contributed by atoms with E-state index in [1.54, 1.807) is 41.1 Å². The van der Waals surface area contributed by atoms with E-state index in [2.05, 4.69) is 37.4 Å². The Kier molecular flexibility index (Phi) is 6.25. The van der Waals surface area contributed by atoms with Crippen molar-refractivity contribution in [3.63, 3.8) is 0 Å². The van der Waals surface area contributed by atoms with Gasteiger partial charge in [-0.1, -0.05) is 138 Å². The third kappa shape index (κ3) is 6.91. The summed E-state index contributed by atoms with van der Waals surface area (Å²) in [5.74, 6) is 1.42. The van der Waals surface area contributed by atoms with Gasteiger partial charge in [0, 0.05) is 47.4 Å². The fraction of sp³-hybridized carbons (Fsp3) is 0.145. The predicted octanol–water partition coefficient (Wildman–Crippen LogP) is 14.2. The molecular formula is C55H47N5O+2. The van der Waals surface area contributed by atoms with E-state index in [0.29, 0.717) is 22.8 Å². The minimum absolute atomic E-state index is 0.134. The standard InChI is InChI=1S/C55H47N5O/c1-54(2,3)39-28-29-56-51(32-39)60-47-25-14-13-22-45(47)46-35-57-52(34-50(46)60)61-42-31-40(55(4,5)6)30-41(33-42)58-36-59(49-27-16-15-26-48(49)58)53-43(37-18-9-7-10-19-37)23-17-24-44(53)38-20-11-8-12-21-38/h7-35H,1-6H3/q+2/i7D,8D,9D,10D,11D,12D,17D,18D,19D,20D,21D,23D,24D. The topological polar surface area (TPSA) is 46.0 Å². The summed E-state index contributed by atoms with van der Waals surface area (Å²) in [7, 11) is 0. The van der Waals surface area contributed by atoms with Gasteiger partial charge >= 0.3 is 6.01 Å². The van der Waals surface area contributed by atoms with Crippen LogP contribution in [0.3, 0.4) is 0 Å². The second-order valence-corrected chi connectivity index (χ2v) is 16.8. The van der Waals surface area contributed by atoms with Crippen LogP contribution >= 0.6 is 0 Å². The van der Waals surface area contributed by atoms with Crippen LogP contribution in [0.25, 0.3) is 49.9 Å². The van der Waals surface area contributed by atoms with E-state index in [4.69, 9.17) is 29.8 Å². The molecule has 1 aliphatic heterocycles. The van der Waals surface area contributed by atoms with E-state index < -0.39 is 106 Å². The maximum absolute atomic E-state index is 9.42. The van der Waals surface area contributed by atoms with Crippen LogP contribution in [-0.2, 0) is 10.8 Å². The molecule has 0 N–H and O–H groups in total. The van der Waals surface area contributed by atoms with E-state index in [0.717, 1.165) is 38.8 Å². The van der Waals surface area contributed by atoms with Crippen LogP contribution < -0.4 is 13.9 Å². The summed E-state index contributed by atoms with van der Waals surface area (Å²) >= 11 is 0. The Morgan fingerprint density at radius 2 is 1.23 bits per heavy atom. The number of pyridine rings is 2. The number of rotatable bonds is 7. The molecule has 296 valence electrons. The minimum atomic E-state index is -0.775. The van der Waals surface area contributed by atoms with Gasteiger partial charge in [0.15, 0.2) is 0 Å². The molecule has 0 fully saturated rings. The zero-order chi connectivity index (χ0) is 53.2. The van der Waals surface area contributed by atoms with Crippen LogP contribution in [0, 0.1) is 0 Å². The first-order chi connectivity index (χ1) is 34.9. The molecule has 6 aromatic carbocycles. The molecule has 0 radical (unpaired) electrons. The van der Waals surface area contributed by atoms with Crippen molar-refractivity contribution in [1.29, 1.82) is 0 Å². The predicted molar refractivity (Wildman–Crippen MR) is 252 cm³/mol. The summed E-state index contributed by atoms with van der Waals surface area (Å²) in [5.41, 5.74) is 2.32. The van der Waals surface area contributed by atoms with Gasteiger partial charge in [-0.15, -0.1) is 0 Å². The second kappa shape index (κ2) is 14.7. The number of nitrogens with zero attached hydrogens (tertiary/aromatic N) is 5. The minimum Gasteiger partial charge on any atom is -0.439 e. The molecule has 0 bridgehead atoms. The highest BCUT2D eigenvalue weighted by Gasteiger charge is 2.39. The SMILES string of the molecule is [2H]c1c([2H])c([2H])c(-c2c([2H])c([2H])c([2H])c(-c3c([2H])c([2H])c([2H])c([2H])c3[2H])c2[N+]2=C=[N+](c3cc(Oc4cc5c(cn4)c4ccccc4n5-c4cc(C(C)(C)C)ccn4)cc(C(C)(C)C)c3)c3ccccc32)c([2H])c1[2H]. The average Bonchev–Trinajstić information content (AvgIpc) is 3.92. The molecule has 0 saturated heterocycles. The van der Waals surface area contributed by atoms with Crippen molar-refractivity contribution >= 4 is 50.6 Å². The van der Waals surface area contributed by atoms with Gasteiger partial charge in [-0.05, 0) is 78.6 Å². The molecule has 3 aromatic heterocycles. The summed E-state index contributed by atoms with van der Waals surface area (Å²) in [6.07, 6.45) is 3.60. The van der Waals surface area contributed by atoms with Crippen LogP contribution in [0.4, 0.5) is 22.7 Å². The van der Waals surface area contributed by atoms with Crippen LogP contribution in [0.1, 0.15) is 70.5 Å². The Morgan fingerprint density at radius 3 is 1.90 bits per heavy atom. The third-order valence-corrected chi connectivity index (χ3v) is 10.7. The van der Waals surface area contributed by atoms with Crippen molar-refractivity contribution in [2.24, 2.45) is 0 Å². The normalized spacial score (nSPS) is 15.7. The van der Waals surface area contributed by atoms with Gasteiger partial charge in [-0.2, -0.15) is 0 Å². The van der Waals surface area contributed by atoms with Gasteiger partial charge in [-0.25, -0.2) is 9.97 Å². The lowest BCUT2D eigenvalue weighted by Crippen LogP contribution is -2.12. The Hall–Kier alpha value is -7.40. The van der Waals surface area contributed by atoms with Crippen molar-refractivity contribution in [1.82, 2.24) is 23.7 Å². The Morgan fingerprint density at radius 1 is 0.590 bits per heavy atom. The molecule has 6 heteroatoms. The first-order valence-corrected chi connectivity index (χ1v) is 19.8. The van der Waals surface area contributed by atoms with E-state index >= 15 is 0 Å². The largest absolute Gasteiger partial charge is 0.503 e. The molecule has 0 unspecified atom stereocenters. The van der Waals surface area contributed by atoms with Gasteiger partial charge in [0.1, 0.15) is 11.6 Å². The zero-order valence-corrected chi connectivity index (χ0v) is 34.4. The van der Waals surface area contributed by atoms with Crippen molar-refractivity contribution in [2.75, 3.05) is 0 Å². The highest BCUT2D eigenvalue weighted by atomic mass is 16.5. The first-order valence-electron chi connectivity index (χ1n) is 26.3. The number of para-hydroxylation sites is 4. The summed E-state index contributed by atoms with van der Waals surface area (Å²) in [5, 5.41) is 1.89. The molecule has 0 amide bonds. The van der Waals surface area contributed by atoms with Crippen LogP contribution in [-0.4, -0.2) is 20.5 Å². The molecule has 61 heavy (non-hydrogen) atoms. The Bertz CT molecular complexity index is 3840. The van der Waals surface area contributed by atoms with E-state index in [9.17, 15) is 2.74 Å². The maximum atomic E-state index is 9.42. The van der Waals surface area contributed by atoms with E-state index in [1.807, 2.05) is 75.5 Å². The zero-order valence-electron chi connectivity index (χ0n) is 47.4. The highest BCUT2D eigenvalue weighted by molar-refractivity contribution is 6.09. The summed E-state index contributed by atoms with van der Waals surface area (Å²) in [6.45, 7) is 12.6. The number of hydrogen-bond acceptors (Lipinski definition) is 3. The average molecular weight is 807 g/mol. The highest BCUT2D eigenvalue weighted by Crippen LogP contribution is 2.45. The van der Waals surface area contributed by atoms with Gasteiger partial charge in [0.05, 0.1) is 46.0 Å². The molecule has 1 aliphatic rings. The fourth-order valence-electron chi connectivity index (χ4n) is 7.63. The van der Waals surface area contributed by atoms with Crippen molar-refractivity contribution in [2.45, 2.75) is 52.4 Å². The second-order valence-electron chi connectivity index (χ2n) is 16.8. The summed E-state index contributed by atoms with van der Waals surface area (Å²) < 4.78 is 128. The molecule has 0 aliphatic carbocycles. The van der Waals surface area contributed by atoms with Crippen molar-refractivity contribution in [3.05, 3.63) is 187 Å². The molecular weight excluding hydrogens is 747 g/mol. The number of fused-ring (bicyclic) bond motifs is 4.